The molecule has 3 N–H and O–H groups in total. The third-order valence-corrected chi connectivity index (χ3v) is 11.3. The smallest absolute Gasteiger partial charge is 0.163 e. The van der Waals surface area contributed by atoms with Crippen LogP contribution >= 0.6 is 0 Å². The van der Waals surface area contributed by atoms with E-state index in [4.69, 9.17) is 4.74 Å². The van der Waals surface area contributed by atoms with Gasteiger partial charge >= 0.3 is 0 Å². The molecule has 3 saturated carbocycles. The fourth-order valence-electron chi connectivity index (χ4n) is 9.55. The normalized spacial score (nSPS) is 57.2. The zero-order valence-electron chi connectivity index (χ0n) is 20.1. The van der Waals surface area contributed by atoms with Crippen molar-refractivity contribution in [2.75, 3.05) is 6.54 Å². The molecule has 5 fully saturated rings. The molecule has 2 aliphatic heterocycles. The Hall–Kier alpha value is -0.750. The van der Waals surface area contributed by atoms with Crippen molar-refractivity contribution in [3.8, 4) is 0 Å². The number of hydrogen-bond acceptors (Lipinski definition) is 5. The summed E-state index contributed by atoms with van der Waals surface area (Å²) >= 11 is 0. The Labute approximate surface area is 192 Å². The molecule has 0 amide bonds. The summed E-state index contributed by atoms with van der Waals surface area (Å²) in [4.78, 5) is 14.2. The Kier molecular flexibility index (Phi) is 4.85. The van der Waals surface area contributed by atoms with Crippen LogP contribution in [0.3, 0.4) is 0 Å². The van der Waals surface area contributed by atoms with E-state index in [9.17, 15) is 15.0 Å². The van der Waals surface area contributed by atoms with Crippen LogP contribution in [0, 0.1) is 40.9 Å². The highest BCUT2D eigenvalue weighted by atomic mass is 16.5. The number of nitrogens with one attached hydrogen (secondary N) is 1. The van der Waals surface area contributed by atoms with Crippen molar-refractivity contribution in [1.29, 1.82) is 0 Å². The molecular formula is C27H41NO4. The third kappa shape index (κ3) is 2.63. The van der Waals surface area contributed by atoms with Crippen molar-refractivity contribution >= 4 is 5.78 Å². The highest BCUT2D eigenvalue weighted by Gasteiger charge is 2.66. The number of ketones is 1. The van der Waals surface area contributed by atoms with Crippen molar-refractivity contribution in [2.45, 2.75) is 103 Å². The zero-order chi connectivity index (χ0) is 22.6. The summed E-state index contributed by atoms with van der Waals surface area (Å²) in [5.41, 5.74) is 1.53. The van der Waals surface area contributed by atoms with E-state index in [1.165, 1.54) is 5.57 Å². The summed E-state index contributed by atoms with van der Waals surface area (Å²) in [6.07, 6.45) is 5.54. The fraction of sp³-hybridized carbons (Fsp3) is 0.889. The second kappa shape index (κ2) is 7.13. The van der Waals surface area contributed by atoms with Crippen LogP contribution in [-0.4, -0.2) is 52.5 Å². The first-order chi connectivity index (χ1) is 15.2. The van der Waals surface area contributed by atoms with Gasteiger partial charge in [-0.25, -0.2) is 0 Å². The van der Waals surface area contributed by atoms with E-state index < -0.39 is 17.6 Å². The molecule has 6 rings (SSSR count). The van der Waals surface area contributed by atoms with Crippen LogP contribution in [0.4, 0.5) is 0 Å². The molecular weight excluding hydrogens is 402 g/mol. The predicted molar refractivity (Wildman–Crippen MR) is 122 cm³/mol. The average molecular weight is 444 g/mol. The molecule has 4 aliphatic carbocycles. The lowest BCUT2D eigenvalue weighted by atomic mass is 9.51. The summed E-state index contributed by atoms with van der Waals surface area (Å²) in [6, 6.07) is 0.376. The number of rotatable bonds is 0. The molecule has 0 bridgehead atoms. The Bertz CT molecular complexity index is 855. The summed E-state index contributed by atoms with van der Waals surface area (Å²) in [7, 11) is 0. The molecule has 12 atom stereocenters. The number of carbonyl (C=O) groups excluding carboxylic acids is 1. The minimum absolute atomic E-state index is 0.106. The van der Waals surface area contributed by atoms with E-state index in [0.29, 0.717) is 41.9 Å². The highest BCUT2D eigenvalue weighted by Crippen LogP contribution is 2.65. The SMILES string of the molecule is CC1=C2C(=O)[C@@H]3[C@H](CC[C@H]4C[C@@H](O)C[C@H](O)[C@]43C)[C@@H]2CC[C@]12O[C@@H]1C[C@H](C)CN[C@H]1[C@H]2C. The highest BCUT2D eigenvalue weighted by molar-refractivity contribution is 6.02. The molecule has 0 aromatic rings. The van der Waals surface area contributed by atoms with Gasteiger partial charge in [0.2, 0.25) is 0 Å². The Balaban J connectivity index is 1.39. The molecule has 32 heavy (non-hydrogen) atoms. The van der Waals surface area contributed by atoms with Crippen LogP contribution < -0.4 is 5.32 Å². The molecule has 2 heterocycles. The van der Waals surface area contributed by atoms with Crippen LogP contribution in [0.25, 0.3) is 0 Å². The van der Waals surface area contributed by atoms with Gasteiger partial charge in [-0.2, -0.15) is 0 Å². The van der Waals surface area contributed by atoms with Gasteiger partial charge in [-0.3, -0.25) is 4.79 Å². The third-order valence-electron chi connectivity index (χ3n) is 11.3. The summed E-state index contributed by atoms with van der Waals surface area (Å²) in [5, 5.41) is 25.2. The lowest BCUT2D eigenvalue weighted by Gasteiger charge is -2.55. The topological polar surface area (TPSA) is 78.8 Å². The van der Waals surface area contributed by atoms with Gasteiger partial charge in [-0.1, -0.05) is 20.8 Å². The van der Waals surface area contributed by atoms with Crippen LogP contribution in [0.2, 0.25) is 0 Å². The van der Waals surface area contributed by atoms with E-state index >= 15 is 0 Å². The molecule has 2 saturated heterocycles. The van der Waals surface area contributed by atoms with E-state index in [1.54, 1.807) is 0 Å². The van der Waals surface area contributed by atoms with Crippen molar-refractivity contribution in [3.63, 3.8) is 0 Å². The van der Waals surface area contributed by atoms with Gasteiger partial charge < -0.3 is 20.3 Å². The van der Waals surface area contributed by atoms with E-state index in [2.05, 4.69) is 33.0 Å². The number of allylic oxidation sites excluding steroid dienone is 1. The Morgan fingerprint density at radius 2 is 1.88 bits per heavy atom. The number of aliphatic hydroxyl groups excluding tert-OH is 2. The lowest BCUT2D eigenvalue weighted by Crippen LogP contribution is -2.56. The van der Waals surface area contributed by atoms with E-state index in [-0.39, 0.29) is 23.5 Å². The van der Waals surface area contributed by atoms with E-state index in [0.717, 1.165) is 50.6 Å². The van der Waals surface area contributed by atoms with Crippen LogP contribution in [0.15, 0.2) is 11.1 Å². The maximum atomic E-state index is 14.2. The second-order valence-corrected chi connectivity index (χ2v) is 12.6. The Morgan fingerprint density at radius 1 is 1.09 bits per heavy atom. The lowest BCUT2D eigenvalue weighted by molar-refractivity contribution is -0.160. The van der Waals surface area contributed by atoms with Crippen LogP contribution in [0.1, 0.15) is 72.6 Å². The molecule has 0 unspecified atom stereocenters. The molecule has 5 nitrogen and oxygen atoms in total. The first-order valence-corrected chi connectivity index (χ1v) is 13.2. The second-order valence-electron chi connectivity index (χ2n) is 12.6. The average Bonchev–Trinajstić information content (AvgIpc) is 3.19. The van der Waals surface area contributed by atoms with Gasteiger partial charge in [-0.05, 0) is 87.7 Å². The quantitative estimate of drug-likeness (QED) is 0.536. The fourth-order valence-corrected chi connectivity index (χ4v) is 9.55. The number of Topliss-reactive ketones (excluding diaryl/α,β-unsaturated/α-hetero) is 1. The van der Waals surface area contributed by atoms with Crippen molar-refractivity contribution in [2.24, 2.45) is 40.9 Å². The van der Waals surface area contributed by atoms with Crippen LogP contribution in [-0.2, 0) is 9.53 Å². The van der Waals surface area contributed by atoms with Gasteiger partial charge in [-0.15, -0.1) is 0 Å². The number of piperidine rings is 1. The van der Waals surface area contributed by atoms with Gasteiger partial charge in [0, 0.05) is 28.9 Å². The molecule has 5 heteroatoms. The van der Waals surface area contributed by atoms with Gasteiger partial charge in [0.15, 0.2) is 5.78 Å². The molecule has 178 valence electrons. The minimum Gasteiger partial charge on any atom is -0.393 e. The van der Waals surface area contributed by atoms with Crippen LogP contribution in [0.5, 0.6) is 0 Å². The minimum atomic E-state index is -0.599. The monoisotopic (exact) mass is 443 g/mol. The molecule has 1 spiro atoms. The Morgan fingerprint density at radius 3 is 2.66 bits per heavy atom. The molecule has 6 aliphatic rings. The summed E-state index contributed by atoms with van der Waals surface area (Å²) in [6.45, 7) is 10.0. The standard InChI is InChI=1S/C27H41NO4/c1-13-9-20-24(28-12-13)15(3)27(32-20)8-7-18-19-6-5-16-10-17(29)11-21(30)26(16,4)23(19)25(31)22(18)14(27)2/h13,15-21,23-24,28-30H,5-12H2,1-4H3/t13-,15+,16-,17+,18-,19+,20+,21-,23-,24-,26-,27-/m0/s1. The number of hydrogen-bond donors (Lipinski definition) is 3. The largest absolute Gasteiger partial charge is 0.393 e. The zero-order valence-corrected chi connectivity index (χ0v) is 20.1. The van der Waals surface area contributed by atoms with Crippen molar-refractivity contribution < 1.29 is 19.7 Å². The molecule has 0 aromatic heterocycles. The maximum Gasteiger partial charge on any atom is 0.163 e. The molecule has 0 radical (unpaired) electrons. The van der Waals surface area contributed by atoms with Crippen molar-refractivity contribution in [1.82, 2.24) is 5.32 Å². The number of aliphatic hydroxyl groups is 2. The number of carbonyl (C=O) groups is 1. The molecule has 0 aromatic carbocycles. The first-order valence-electron chi connectivity index (χ1n) is 13.2. The van der Waals surface area contributed by atoms with E-state index in [1.807, 2.05) is 0 Å². The summed E-state index contributed by atoms with van der Waals surface area (Å²) < 4.78 is 6.91. The maximum absolute atomic E-state index is 14.2. The first kappa shape index (κ1) is 21.8. The van der Waals surface area contributed by atoms with Gasteiger partial charge in [0.1, 0.15) is 0 Å². The van der Waals surface area contributed by atoms with Gasteiger partial charge in [0.25, 0.3) is 0 Å². The van der Waals surface area contributed by atoms with Crippen molar-refractivity contribution in [3.05, 3.63) is 11.1 Å². The number of fused-ring (bicyclic) bond motifs is 6. The summed E-state index contributed by atoms with van der Waals surface area (Å²) in [5.74, 6) is 2.07. The number of ether oxygens (including phenoxy) is 1. The van der Waals surface area contributed by atoms with Gasteiger partial charge in [0.05, 0.1) is 23.9 Å². The predicted octanol–water partition coefficient (Wildman–Crippen LogP) is 3.23.